The molecule has 1 aliphatic rings. The Hall–Kier alpha value is -1.09. The lowest BCUT2D eigenvalue weighted by Gasteiger charge is -2.42. The van der Waals surface area contributed by atoms with Gasteiger partial charge < -0.3 is 20.1 Å². The number of ether oxygens (including phenoxy) is 2. The van der Waals surface area contributed by atoms with Gasteiger partial charge in [0.1, 0.15) is 18.2 Å². The first kappa shape index (κ1) is 22.0. The van der Waals surface area contributed by atoms with E-state index in [-0.39, 0.29) is 29.8 Å². The van der Waals surface area contributed by atoms with E-state index in [0.29, 0.717) is 24.3 Å². The van der Waals surface area contributed by atoms with Crippen LogP contribution in [-0.2, 0) is 4.74 Å². The summed E-state index contributed by atoms with van der Waals surface area (Å²) in [5.41, 5.74) is 0.339. The number of aliphatic imine (C=N–C) groups is 1. The fourth-order valence-electron chi connectivity index (χ4n) is 2.90. The molecule has 1 saturated carbocycles. The minimum atomic E-state index is -0.292. The largest absolute Gasteiger partial charge is 0.492 e. The molecule has 1 aromatic rings. The van der Waals surface area contributed by atoms with Gasteiger partial charge in [-0.05, 0) is 36.8 Å². The second-order valence-corrected chi connectivity index (χ2v) is 6.25. The molecule has 5 nitrogen and oxygen atoms in total. The van der Waals surface area contributed by atoms with E-state index in [9.17, 15) is 4.39 Å². The monoisotopic (exact) mass is 465 g/mol. The molecule has 7 heteroatoms. The maximum atomic E-state index is 13.1. The van der Waals surface area contributed by atoms with Gasteiger partial charge in [-0.25, -0.2) is 4.39 Å². The maximum Gasteiger partial charge on any atom is 0.191 e. The third kappa shape index (κ3) is 7.35. The van der Waals surface area contributed by atoms with E-state index in [1.54, 1.807) is 26.3 Å². The average Bonchev–Trinajstić information content (AvgIpc) is 2.55. The van der Waals surface area contributed by atoms with E-state index >= 15 is 0 Å². The number of halogens is 2. The van der Waals surface area contributed by atoms with Crippen LogP contribution >= 0.6 is 24.0 Å². The molecular formula is C18H29FIN3O2. The lowest BCUT2D eigenvalue weighted by atomic mass is 9.67. The summed E-state index contributed by atoms with van der Waals surface area (Å²) in [6.07, 6.45) is 4.85. The Labute approximate surface area is 166 Å². The Balaban J connectivity index is 0.00000312. The van der Waals surface area contributed by atoms with Crippen LogP contribution < -0.4 is 15.4 Å². The minimum absolute atomic E-state index is 0. The summed E-state index contributed by atoms with van der Waals surface area (Å²) in [5.74, 6) is 1.01. The van der Waals surface area contributed by atoms with E-state index in [1.807, 2.05) is 0 Å². The fraction of sp³-hybridized carbons (Fsp3) is 0.611. The zero-order chi connectivity index (χ0) is 17.3. The molecule has 0 unspecified atom stereocenters. The molecule has 25 heavy (non-hydrogen) atoms. The van der Waals surface area contributed by atoms with Crippen molar-refractivity contribution in [3.63, 3.8) is 0 Å². The molecule has 2 rings (SSSR count). The van der Waals surface area contributed by atoms with Crippen molar-refractivity contribution in [3.8, 4) is 5.75 Å². The van der Waals surface area contributed by atoms with Crippen LogP contribution in [0, 0.1) is 11.2 Å². The van der Waals surface area contributed by atoms with Crippen molar-refractivity contribution in [1.82, 2.24) is 10.6 Å². The van der Waals surface area contributed by atoms with Crippen molar-refractivity contribution < 1.29 is 13.9 Å². The molecule has 0 aliphatic heterocycles. The maximum absolute atomic E-state index is 13.1. The molecular weight excluding hydrogens is 436 g/mol. The van der Waals surface area contributed by atoms with Crippen molar-refractivity contribution in [2.75, 3.05) is 40.5 Å². The Morgan fingerprint density at radius 2 is 2.08 bits per heavy atom. The molecule has 0 radical (unpaired) electrons. The molecule has 0 aromatic heterocycles. The Kier molecular flexibility index (Phi) is 10.1. The van der Waals surface area contributed by atoms with Gasteiger partial charge in [-0.1, -0.05) is 12.5 Å². The highest BCUT2D eigenvalue weighted by molar-refractivity contribution is 14.0. The summed E-state index contributed by atoms with van der Waals surface area (Å²) in [5, 5.41) is 6.62. The van der Waals surface area contributed by atoms with Gasteiger partial charge in [-0.3, -0.25) is 4.99 Å². The quantitative estimate of drug-likeness (QED) is 0.255. The number of hydrogen-bond donors (Lipinski definition) is 2. The highest BCUT2D eigenvalue weighted by atomic mass is 127. The third-order valence-corrected chi connectivity index (χ3v) is 4.56. The van der Waals surface area contributed by atoms with Gasteiger partial charge in [-0.15, -0.1) is 24.0 Å². The van der Waals surface area contributed by atoms with Crippen LogP contribution in [0.2, 0.25) is 0 Å². The normalized spacial score (nSPS) is 15.7. The summed E-state index contributed by atoms with van der Waals surface area (Å²) in [6.45, 7) is 2.75. The summed E-state index contributed by atoms with van der Waals surface area (Å²) in [6, 6.07) is 6.16. The molecule has 0 amide bonds. The molecule has 0 atom stereocenters. The summed E-state index contributed by atoms with van der Waals surface area (Å²) in [7, 11) is 3.50. The molecule has 0 bridgehead atoms. The molecule has 1 aromatic carbocycles. The van der Waals surface area contributed by atoms with Crippen LogP contribution in [0.5, 0.6) is 5.75 Å². The van der Waals surface area contributed by atoms with E-state index in [4.69, 9.17) is 9.47 Å². The minimum Gasteiger partial charge on any atom is -0.492 e. The first-order valence-electron chi connectivity index (χ1n) is 8.49. The van der Waals surface area contributed by atoms with E-state index in [2.05, 4.69) is 15.6 Å². The van der Waals surface area contributed by atoms with Crippen LogP contribution in [0.4, 0.5) is 4.39 Å². The highest BCUT2D eigenvalue weighted by Gasteiger charge is 2.36. The number of guanidine groups is 1. The van der Waals surface area contributed by atoms with Gasteiger partial charge >= 0.3 is 0 Å². The molecule has 1 aliphatic carbocycles. The number of nitrogens with one attached hydrogen (secondary N) is 2. The van der Waals surface area contributed by atoms with Gasteiger partial charge in [0, 0.05) is 33.4 Å². The van der Waals surface area contributed by atoms with Crippen molar-refractivity contribution in [3.05, 3.63) is 30.1 Å². The first-order valence-corrected chi connectivity index (χ1v) is 8.49. The number of benzene rings is 1. The Morgan fingerprint density at radius 1 is 1.28 bits per heavy atom. The van der Waals surface area contributed by atoms with Gasteiger partial charge in [0.2, 0.25) is 0 Å². The molecule has 1 fully saturated rings. The van der Waals surface area contributed by atoms with E-state index in [0.717, 1.165) is 25.5 Å². The standard InChI is InChI=1S/C18H28FN3O2.HI/c1-20-17(22-14-18(7-4-8-18)9-11-23-2)21-10-12-24-16-6-3-5-15(19)13-16;/h3,5-6,13H,4,7-12,14H2,1-2H3,(H2,20,21,22);1H. The Morgan fingerprint density at radius 3 is 2.68 bits per heavy atom. The second kappa shape index (κ2) is 11.5. The highest BCUT2D eigenvalue weighted by Crippen LogP contribution is 2.43. The van der Waals surface area contributed by atoms with Crippen molar-refractivity contribution >= 4 is 29.9 Å². The number of methoxy groups -OCH3 is 1. The lowest BCUT2D eigenvalue weighted by molar-refractivity contribution is 0.0732. The van der Waals surface area contributed by atoms with Crippen LogP contribution in [0.3, 0.4) is 0 Å². The SMILES string of the molecule is CN=C(NCCOc1cccc(F)c1)NCC1(CCOC)CCC1.I. The first-order chi connectivity index (χ1) is 11.7. The molecule has 2 N–H and O–H groups in total. The smallest absolute Gasteiger partial charge is 0.191 e. The van der Waals surface area contributed by atoms with Crippen molar-refractivity contribution in [2.24, 2.45) is 10.4 Å². The topological polar surface area (TPSA) is 54.9 Å². The zero-order valence-electron chi connectivity index (χ0n) is 15.0. The predicted octanol–water partition coefficient (Wildman–Crippen LogP) is 3.19. The summed E-state index contributed by atoms with van der Waals surface area (Å²) >= 11 is 0. The van der Waals surface area contributed by atoms with Crippen LogP contribution in [0.25, 0.3) is 0 Å². The van der Waals surface area contributed by atoms with Crippen LogP contribution in [0.15, 0.2) is 29.3 Å². The van der Waals surface area contributed by atoms with Gasteiger partial charge in [0.25, 0.3) is 0 Å². The number of nitrogens with zero attached hydrogens (tertiary/aromatic N) is 1. The van der Waals surface area contributed by atoms with Crippen LogP contribution in [0.1, 0.15) is 25.7 Å². The van der Waals surface area contributed by atoms with Crippen molar-refractivity contribution in [1.29, 1.82) is 0 Å². The molecule has 0 heterocycles. The molecule has 142 valence electrons. The van der Waals surface area contributed by atoms with Crippen LogP contribution in [-0.4, -0.2) is 46.4 Å². The lowest BCUT2D eigenvalue weighted by Crippen LogP contribution is -2.47. The van der Waals surface area contributed by atoms with Gasteiger partial charge in [0.05, 0.1) is 6.54 Å². The van der Waals surface area contributed by atoms with Gasteiger partial charge in [0.15, 0.2) is 5.96 Å². The average molecular weight is 465 g/mol. The van der Waals surface area contributed by atoms with E-state index in [1.165, 1.54) is 31.4 Å². The number of hydrogen-bond acceptors (Lipinski definition) is 3. The summed E-state index contributed by atoms with van der Waals surface area (Å²) in [4.78, 5) is 4.24. The van der Waals surface area contributed by atoms with Gasteiger partial charge in [-0.2, -0.15) is 0 Å². The van der Waals surface area contributed by atoms with E-state index < -0.39 is 0 Å². The third-order valence-electron chi connectivity index (χ3n) is 4.56. The summed E-state index contributed by atoms with van der Waals surface area (Å²) < 4.78 is 23.8. The predicted molar refractivity (Wildman–Crippen MR) is 109 cm³/mol. The number of rotatable bonds is 9. The van der Waals surface area contributed by atoms with Crippen molar-refractivity contribution in [2.45, 2.75) is 25.7 Å². The molecule has 0 saturated heterocycles. The second-order valence-electron chi connectivity index (χ2n) is 6.25. The molecule has 0 spiro atoms. The zero-order valence-corrected chi connectivity index (χ0v) is 17.3. The fourth-order valence-corrected chi connectivity index (χ4v) is 2.90. The Bertz CT molecular complexity index is 539.